The second kappa shape index (κ2) is 4.66. The van der Waals surface area contributed by atoms with Crippen LogP contribution in [0.5, 0.6) is 5.75 Å². The number of fused-ring (bicyclic) bond motifs is 1. The molecular formula is C17H22O2. The fourth-order valence-electron chi connectivity index (χ4n) is 3.55. The van der Waals surface area contributed by atoms with Gasteiger partial charge in [-0.2, -0.15) is 0 Å². The number of carbonyl (C=O) groups excluding carboxylic acids is 1. The Morgan fingerprint density at radius 1 is 1.21 bits per heavy atom. The maximum absolute atomic E-state index is 12.3. The Kier molecular flexibility index (Phi) is 3.12. The molecule has 2 aliphatic rings. The number of para-hydroxylation sites is 1. The van der Waals surface area contributed by atoms with E-state index in [1.807, 2.05) is 24.3 Å². The summed E-state index contributed by atoms with van der Waals surface area (Å²) in [5.74, 6) is 2.58. The van der Waals surface area contributed by atoms with Crippen LogP contribution in [0.15, 0.2) is 24.3 Å². The smallest absolute Gasteiger partial charge is 0.170 e. The first kappa shape index (κ1) is 12.7. The zero-order valence-corrected chi connectivity index (χ0v) is 11.8. The van der Waals surface area contributed by atoms with Crippen LogP contribution in [0.3, 0.4) is 0 Å². The van der Waals surface area contributed by atoms with Crippen molar-refractivity contribution in [3.63, 3.8) is 0 Å². The molecule has 0 N–H and O–H groups in total. The molecule has 0 unspecified atom stereocenters. The largest absolute Gasteiger partial charge is 0.486 e. The van der Waals surface area contributed by atoms with Gasteiger partial charge in [0.05, 0.1) is 12.0 Å². The molecule has 2 nitrogen and oxygen atoms in total. The lowest BCUT2D eigenvalue weighted by Crippen LogP contribution is -2.45. The van der Waals surface area contributed by atoms with Crippen LogP contribution in [-0.4, -0.2) is 11.4 Å². The van der Waals surface area contributed by atoms with Crippen molar-refractivity contribution >= 4 is 5.78 Å². The zero-order chi connectivity index (χ0) is 13.5. The minimum atomic E-state index is -0.211. The molecule has 1 saturated carbocycles. The van der Waals surface area contributed by atoms with Crippen LogP contribution >= 0.6 is 0 Å². The predicted molar refractivity (Wildman–Crippen MR) is 75.5 cm³/mol. The predicted octanol–water partition coefficient (Wildman–Crippen LogP) is 4.24. The van der Waals surface area contributed by atoms with Crippen molar-refractivity contribution in [2.75, 3.05) is 0 Å². The molecule has 0 bridgehead atoms. The van der Waals surface area contributed by atoms with E-state index in [0.717, 1.165) is 36.0 Å². The Balaban J connectivity index is 1.80. The third kappa shape index (κ3) is 2.29. The standard InChI is InChI=1S/C17H22O2/c1-12(2)13-7-9-17(10-8-13)11-15(18)14-5-3-4-6-16(14)19-17/h3-6,12-13H,7-11H2,1-2H3. The molecule has 0 aromatic heterocycles. The lowest BCUT2D eigenvalue weighted by atomic mass is 9.71. The molecule has 0 amide bonds. The average molecular weight is 258 g/mol. The van der Waals surface area contributed by atoms with Crippen molar-refractivity contribution in [2.45, 2.75) is 51.6 Å². The van der Waals surface area contributed by atoms with Gasteiger partial charge in [-0.05, 0) is 49.7 Å². The van der Waals surface area contributed by atoms with E-state index in [9.17, 15) is 4.79 Å². The SMILES string of the molecule is CC(C)C1CCC2(CC1)CC(=O)c1ccccc1O2. The molecule has 0 saturated heterocycles. The molecule has 3 rings (SSSR count). The second-order valence-electron chi connectivity index (χ2n) is 6.46. The summed E-state index contributed by atoms with van der Waals surface area (Å²) >= 11 is 0. The van der Waals surface area contributed by atoms with Gasteiger partial charge in [0.1, 0.15) is 11.4 Å². The van der Waals surface area contributed by atoms with Crippen LogP contribution in [0.1, 0.15) is 56.3 Å². The minimum absolute atomic E-state index is 0.211. The highest BCUT2D eigenvalue weighted by atomic mass is 16.5. The van der Waals surface area contributed by atoms with Crippen molar-refractivity contribution < 1.29 is 9.53 Å². The van der Waals surface area contributed by atoms with Crippen LogP contribution in [0.2, 0.25) is 0 Å². The van der Waals surface area contributed by atoms with Gasteiger partial charge in [0.15, 0.2) is 5.78 Å². The topological polar surface area (TPSA) is 26.3 Å². The first-order valence-corrected chi connectivity index (χ1v) is 7.41. The van der Waals surface area contributed by atoms with E-state index in [1.54, 1.807) is 0 Å². The second-order valence-corrected chi connectivity index (χ2v) is 6.46. The van der Waals surface area contributed by atoms with E-state index in [2.05, 4.69) is 13.8 Å². The Labute approximate surface area is 115 Å². The number of ether oxygens (including phenoxy) is 1. The number of hydrogen-bond donors (Lipinski definition) is 0. The van der Waals surface area contributed by atoms with Crippen LogP contribution in [0.25, 0.3) is 0 Å². The highest BCUT2D eigenvalue weighted by Crippen LogP contribution is 2.44. The third-order valence-corrected chi connectivity index (χ3v) is 4.88. The molecule has 1 spiro atoms. The van der Waals surface area contributed by atoms with E-state index in [4.69, 9.17) is 4.74 Å². The van der Waals surface area contributed by atoms with Crippen LogP contribution in [0.4, 0.5) is 0 Å². The van der Waals surface area contributed by atoms with Gasteiger partial charge in [-0.1, -0.05) is 26.0 Å². The minimum Gasteiger partial charge on any atom is -0.486 e. The normalized spacial score (nSPS) is 30.3. The summed E-state index contributed by atoms with van der Waals surface area (Å²) in [6, 6.07) is 7.67. The maximum Gasteiger partial charge on any atom is 0.170 e. The number of benzene rings is 1. The Morgan fingerprint density at radius 2 is 1.89 bits per heavy atom. The molecule has 1 fully saturated rings. The van der Waals surface area contributed by atoms with Crippen molar-refractivity contribution in [1.82, 2.24) is 0 Å². The summed E-state index contributed by atoms with van der Waals surface area (Å²) in [5.41, 5.74) is 0.552. The molecule has 0 atom stereocenters. The summed E-state index contributed by atoms with van der Waals surface area (Å²) in [4.78, 5) is 12.3. The van der Waals surface area contributed by atoms with Gasteiger partial charge in [-0.3, -0.25) is 4.79 Å². The molecule has 1 aromatic carbocycles. The Hall–Kier alpha value is -1.31. The highest BCUT2D eigenvalue weighted by molar-refractivity contribution is 6.00. The molecule has 1 aliphatic carbocycles. The van der Waals surface area contributed by atoms with Crippen molar-refractivity contribution in [3.05, 3.63) is 29.8 Å². The van der Waals surface area contributed by atoms with Crippen molar-refractivity contribution in [3.8, 4) is 5.75 Å². The van der Waals surface area contributed by atoms with E-state index in [0.29, 0.717) is 6.42 Å². The average Bonchev–Trinajstić information content (AvgIpc) is 2.39. The van der Waals surface area contributed by atoms with E-state index in [1.165, 1.54) is 12.8 Å². The van der Waals surface area contributed by atoms with E-state index in [-0.39, 0.29) is 11.4 Å². The molecule has 1 aliphatic heterocycles. The zero-order valence-electron chi connectivity index (χ0n) is 11.8. The van der Waals surface area contributed by atoms with Crippen molar-refractivity contribution in [1.29, 1.82) is 0 Å². The first-order chi connectivity index (χ1) is 9.10. The third-order valence-electron chi connectivity index (χ3n) is 4.88. The van der Waals surface area contributed by atoms with E-state index >= 15 is 0 Å². The molecule has 0 radical (unpaired) electrons. The van der Waals surface area contributed by atoms with Gasteiger partial charge < -0.3 is 4.74 Å². The van der Waals surface area contributed by atoms with Gasteiger partial charge >= 0.3 is 0 Å². The summed E-state index contributed by atoms with van der Waals surface area (Å²) in [6.07, 6.45) is 4.99. The summed E-state index contributed by atoms with van der Waals surface area (Å²) in [6.45, 7) is 4.59. The van der Waals surface area contributed by atoms with Gasteiger partial charge in [0, 0.05) is 0 Å². The molecule has 1 aromatic rings. The summed E-state index contributed by atoms with van der Waals surface area (Å²) in [7, 11) is 0. The fourth-order valence-corrected chi connectivity index (χ4v) is 3.55. The monoisotopic (exact) mass is 258 g/mol. The lowest BCUT2D eigenvalue weighted by molar-refractivity contribution is -0.00319. The molecule has 102 valence electrons. The number of rotatable bonds is 1. The van der Waals surface area contributed by atoms with Crippen LogP contribution in [0, 0.1) is 11.8 Å². The molecular weight excluding hydrogens is 236 g/mol. The van der Waals surface area contributed by atoms with Gasteiger partial charge in [-0.25, -0.2) is 0 Å². The van der Waals surface area contributed by atoms with Crippen LogP contribution in [-0.2, 0) is 0 Å². The summed E-state index contributed by atoms with van der Waals surface area (Å²) in [5, 5.41) is 0. The van der Waals surface area contributed by atoms with Crippen molar-refractivity contribution in [2.24, 2.45) is 11.8 Å². The maximum atomic E-state index is 12.3. The number of Topliss-reactive ketones (excluding diaryl/α,β-unsaturated/α-hetero) is 1. The fraction of sp³-hybridized carbons (Fsp3) is 0.588. The Morgan fingerprint density at radius 3 is 2.58 bits per heavy atom. The molecule has 2 heteroatoms. The quantitative estimate of drug-likeness (QED) is 0.753. The summed E-state index contributed by atoms with van der Waals surface area (Å²) < 4.78 is 6.24. The van der Waals surface area contributed by atoms with Gasteiger partial charge in [0.2, 0.25) is 0 Å². The lowest BCUT2D eigenvalue weighted by Gasteiger charge is -2.43. The van der Waals surface area contributed by atoms with Gasteiger partial charge in [0.25, 0.3) is 0 Å². The number of hydrogen-bond acceptors (Lipinski definition) is 2. The van der Waals surface area contributed by atoms with E-state index < -0.39 is 0 Å². The van der Waals surface area contributed by atoms with Crippen LogP contribution < -0.4 is 4.74 Å². The van der Waals surface area contributed by atoms with Gasteiger partial charge in [-0.15, -0.1) is 0 Å². The first-order valence-electron chi connectivity index (χ1n) is 7.41. The molecule has 19 heavy (non-hydrogen) atoms. The Bertz CT molecular complexity index is 482. The number of ketones is 1. The number of carbonyl (C=O) groups is 1. The molecule has 1 heterocycles. The highest BCUT2D eigenvalue weighted by Gasteiger charge is 2.43.